The van der Waals surface area contributed by atoms with Gasteiger partial charge in [0.15, 0.2) is 5.69 Å². The van der Waals surface area contributed by atoms with Gasteiger partial charge in [0, 0.05) is 20.1 Å². The van der Waals surface area contributed by atoms with E-state index in [1.54, 1.807) is 24.3 Å². The number of para-hydroxylation sites is 2. The van der Waals surface area contributed by atoms with Gasteiger partial charge in [0.05, 0.1) is 0 Å². The molecule has 1 aromatic carbocycles. The van der Waals surface area contributed by atoms with Gasteiger partial charge in [-0.05, 0) is 6.07 Å². The normalized spacial score (nSPS) is 10.6. The SMILES string of the molecule is COCC(=O)OCc1nc2ccccc2[n+]([O-])c1C(C)=O. The van der Waals surface area contributed by atoms with E-state index in [4.69, 9.17) is 4.74 Å². The Morgan fingerprint density at radius 2 is 2.05 bits per heavy atom. The molecule has 0 radical (unpaired) electrons. The van der Waals surface area contributed by atoms with Crippen molar-refractivity contribution in [3.05, 3.63) is 40.9 Å². The van der Waals surface area contributed by atoms with Crippen molar-refractivity contribution in [1.82, 2.24) is 4.98 Å². The summed E-state index contributed by atoms with van der Waals surface area (Å²) in [5.74, 6) is -1.04. The molecule has 0 spiro atoms. The number of esters is 1. The topological polar surface area (TPSA) is 92.4 Å². The van der Waals surface area contributed by atoms with Gasteiger partial charge in [0.2, 0.25) is 11.3 Å². The molecule has 7 heteroatoms. The molecular formula is C14H14N2O5. The zero-order chi connectivity index (χ0) is 15.4. The Morgan fingerprint density at radius 1 is 1.33 bits per heavy atom. The van der Waals surface area contributed by atoms with E-state index in [0.29, 0.717) is 10.2 Å². The highest BCUT2D eigenvalue weighted by molar-refractivity contribution is 5.92. The smallest absolute Gasteiger partial charge is 0.332 e. The molecule has 0 aliphatic heterocycles. The summed E-state index contributed by atoms with van der Waals surface area (Å²) in [5.41, 5.74) is 0.713. The van der Waals surface area contributed by atoms with Crippen molar-refractivity contribution in [1.29, 1.82) is 0 Å². The average molecular weight is 290 g/mol. The summed E-state index contributed by atoms with van der Waals surface area (Å²) in [6.07, 6.45) is 0. The molecule has 0 amide bonds. The van der Waals surface area contributed by atoms with Gasteiger partial charge in [-0.15, -0.1) is 0 Å². The Bertz CT molecular complexity index is 699. The molecule has 0 saturated carbocycles. The number of methoxy groups -OCH3 is 1. The Labute approximate surface area is 120 Å². The lowest BCUT2D eigenvalue weighted by Gasteiger charge is -2.10. The molecule has 0 aliphatic rings. The number of nitrogens with zero attached hydrogens (tertiary/aromatic N) is 2. The summed E-state index contributed by atoms with van der Waals surface area (Å²) < 4.78 is 10.1. The molecule has 0 aliphatic carbocycles. The van der Waals surface area contributed by atoms with E-state index < -0.39 is 11.8 Å². The molecule has 21 heavy (non-hydrogen) atoms. The van der Waals surface area contributed by atoms with Crippen LogP contribution in [0, 0.1) is 5.21 Å². The van der Waals surface area contributed by atoms with Crippen LogP contribution in [0.5, 0.6) is 0 Å². The van der Waals surface area contributed by atoms with Crippen LogP contribution in [0.4, 0.5) is 0 Å². The fourth-order valence-corrected chi connectivity index (χ4v) is 1.92. The van der Waals surface area contributed by atoms with E-state index in [9.17, 15) is 14.8 Å². The molecule has 1 heterocycles. The van der Waals surface area contributed by atoms with Crippen LogP contribution in [0.25, 0.3) is 11.0 Å². The maximum atomic E-state index is 12.3. The number of carbonyl (C=O) groups excluding carboxylic acids is 2. The fourth-order valence-electron chi connectivity index (χ4n) is 1.92. The number of ketones is 1. The molecule has 110 valence electrons. The van der Waals surface area contributed by atoms with E-state index >= 15 is 0 Å². The number of ether oxygens (including phenoxy) is 2. The first-order chi connectivity index (χ1) is 10.0. The Morgan fingerprint density at radius 3 is 2.71 bits per heavy atom. The number of fused-ring (bicyclic) bond motifs is 1. The van der Waals surface area contributed by atoms with Crippen molar-refractivity contribution >= 4 is 22.8 Å². The number of hydrogen-bond donors (Lipinski definition) is 0. The summed E-state index contributed by atoms with van der Waals surface area (Å²) in [4.78, 5) is 27.2. The highest BCUT2D eigenvalue weighted by atomic mass is 16.6. The van der Waals surface area contributed by atoms with E-state index in [-0.39, 0.29) is 30.1 Å². The van der Waals surface area contributed by atoms with E-state index in [1.807, 2.05) is 0 Å². The van der Waals surface area contributed by atoms with Gasteiger partial charge < -0.3 is 14.7 Å². The van der Waals surface area contributed by atoms with Gasteiger partial charge in [0.1, 0.15) is 18.7 Å². The van der Waals surface area contributed by atoms with E-state index in [2.05, 4.69) is 9.72 Å². The molecule has 0 unspecified atom stereocenters. The second-order valence-electron chi connectivity index (χ2n) is 4.34. The second kappa shape index (κ2) is 6.27. The standard InChI is InChI=1S/C14H14N2O5/c1-9(17)14-11(7-21-13(18)8-20-2)15-10-5-3-4-6-12(10)16(14)19/h3-6H,7-8H2,1-2H3. The number of benzene rings is 1. The molecular weight excluding hydrogens is 276 g/mol. The Hall–Kier alpha value is -2.54. The van der Waals surface area contributed by atoms with Crippen LogP contribution in [0.3, 0.4) is 0 Å². The number of Topliss-reactive ketones (excluding diaryl/α,β-unsaturated/α-hetero) is 1. The van der Waals surface area contributed by atoms with Crippen LogP contribution in [-0.4, -0.2) is 30.5 Å². The van der Waals surface area contributed by atoms with Crippen molar-refractivity contribution < 1.29 is 23.8 Å². The molecule has 0 atom stereocenters. The van der Waals surface area contributed by atoms with Crippen molar-refractivity contribution in [3.63, 3.8) is 0 Å². The third-order valence-electron chi connectivity index (χ3n) is 2.80. The molecule has 2 aromatic rings. The highest BCUT2D eigenvalue weighted by Gasteiger charge is 2.23. The molecule has 7 nitrogen and oxygen atoms in total. The minimum atomic E-state index is -0.598. The maximum absolute atomic E-state index is 12.3. The van der Waals surface area contributed by atoms with E-state index in [0.717, 1.165) is 0 Å². The lowest BCUT2D eigenvalue weighted by Crippen LogP contribution is -2.37. The largest absolute Gasteiger partial charge is 0.618 e. The maximum Gasteiger partial charge on any atom is 0.332 e. The van der Waals surface area contributed by atoms with Crippen LogP contribution in [0.15, 0.2) is 24.3 Å². The average Bonchev–Trinajstić information content (AvgIpc) is 2.45. The Kier molecular flexibility index (Phi) is 4.44. The quantitative estimate of drug-likeness (QED) is 0.349. The highest BCUT2D eigenvalue weighted by Crippen LogP contribution is 2.12. The lowest BCUT2D eigenvalue weighted by molar-refractivity contribution is -0.580. The van der Waals surface area contributed by atoms with Crippen LogP contribution in [0.1, 0.15) is 23.1 Å². The van der Waals surface area contributed by atoms with Gasteiger partial charge in [-0.25, -0.2) is 9.78 Å². The van der Waals surface area contributed by atoms with Crippen LogP contribution in [0.2, 0.25) is 0 Å². The first-order valence-corrected chi connectivity index (χ1v) is 6.21. The van der Waals surface area contributed by atoms with E-state index in [1.165, 1.54) is 14.0 Å². The van der Waals surface area contributed by atoms with Crippen molar-refractivity contribution in [2.24, 2.45) is 0 Å². The van der Waals surface area contributed by atoms with Gasteiger partial charge >= 0.3 is 5.97 Å². The lowest BCUT2D eigenvalue weighted by atomic mass is 10.2. The fraction of sp³-hybridized carbons (Fsp3) is 0.286. The van der Waals surface area contributed by atoms with Crippen LogP contribution < -0.4 is 4.73 Å². The predicted octanol–water partition coefficient (Wildman–Crippen LogP) is 0.760. The van der Waals surface area contributed by atoms with Crippen LogP contribution in [-0.2, 0) is 20.9 Å². The van der Waals surface area contributed by atoms with Crippen molar-refractivity contribution in [3.8, 4) is 0 Å². The molecule has 0 N–H and O–H groups in total. The number of aromatic nitrogens is 2. The zero-order valence-electron chi connectivity index (χ0n) is 11.7. The van der Waals surface area contributed by atoms with Gasteiger partial charge in [0.25, 0.3) is 5.69 Å². The van der Waals surface area contributed by atoms with Gasteiger partial charge in [-0.3, -0.25) is 4.79 Å². The summed E-state index contributed by atoms with van der Waals surface area (Å²) in [6, 6.07) is 6.63. The van der Waals surface area contributed by atoms with Crippen LogP contribution >= 0.6 is 0 Å². The summed E-state index contributed by atoms with van der Waals surface area (Å²) in [6.45, 7) is 0.797. The van der Waals surface area contributed by atoms with Gasteiger partial charge in [-0.1, -0.05) is 12.1 Å². The minimum absolute atomic E-state index is 0.126. The summed E-state index contributed by atoms with van der Waals surface area (Å²) in [5, 5.41) is 12.3. The first-order valence-electron chi connectivity index (χ1n) is 6.21. The Balaban J connectivity index is 2.43. The molecule has 1 aromatic heterocycles. The monoisotopic (exact) mass is 290 g/mol. The zero-order valence-corrected chi connectivity index (χ0v) is 11.7. The third kappa shape index (κ3) is 3.14. The first kappa shape index (κ1) is 14.9. The molecule has 2 rings (SSSR count). The number of hydrogen-bond acceptors (Lipinski definition) is 6. The third-order valence-corrected chi connectivity index (χ3v) is 2.80. The minimum Gasteiger partial charge on any atom is -0.618 e. The summed E-state index contributed by atoms with van der Waals surface area (Å²) >= 11 is 0. The predicted molar refractivity (Wildman–Crippen MR) is 72.4 cm³/mol. The number of rotatable bonds is 5. The van der Waals surface area contributed by atoms with Crippen molar-refractivity contribution in [2.45, 2.75) is 13.5 Å². The summed E-state index contributed by atoms with van der Waals surface area (Å²) in [7, 11) is 1.36. The van der Waals surface area contributed by atoms with Gasteiger partial charge in [-0.2, -0.15) is 4.73 Å². The second-order valence-corrected chi connectivity index (χ2v) is 4.34. The number of carbonyl (C=O) groups is 2. The molecule has 0 saturated heterocycles. The molecule has 0 bridgehead atoms. The molecule has 0 fully saturated rings. The van der Waals surface area contributed by atoms with Crippen molar-refractivity contribution in [2.75, 3.05) is 13.7 Å².